The molecule has 2 heterocycles. The summed E-state index contributed by atoms with van der Waals surface area (Å²) in [4.78, 5) is 1.06. The summed E-state index contributed by atoms with van der Waals surface area (Å²) in [6, 6.07) is 7.77. The van der Waals surface area contributed by atoms with Crippen molar-refractivity contribution in [2.24, 2.45) is 0 Å². The highest BCUT2D eigenvalue weighted by Gasteiger charge is 2.47. The molecule has 1 spiro atoms. The zero-order valence-corrected chi connectivity index (χ0v) is 10.1. The number of nitrogens with zero attached hydrogens (tertiary/aromatic N) is 1. The Hall–Kier alpha value is -1.05. The highest BCUT2D eigenvalue weighted by Crippen LogP contribution is 2.51. The van der Waals surface area contributed by atoms with Crippen molar-refractivity contribution in [2.75, 3.05) is 13.2 Å². The molecule has 1 aromatic carbocycles. The minimum atomic E-state index is -0.917. The van der Waals surface area contributed by atoms with Crippen LogP contribution < -0.4 is 0 Å². The Morgan fingerprint density at radius 3 is 3.18 bits per heavy atom. The Morgan fingerprint density at radius 2 is 2.41 bits per heavy atom. The summed E-state index contributed by atoms with van der Waals surface area (Å²) in [7, 11) is 0. The smallest absolute Gasteiger partial charge is 0.139 e. The molecule has 17 heavy (non-hydrogen) atoms. The quantitative estimate of drug-likeness (QED) is 0.708. The van der Waals surface area contributed by atoms with Crippen molar-refractivity contribution < 1.29 is 9.13 Å². The molecule has 0 amide bonds. The Kier molecular flexibility index (Phi) is 2.61. The maximum Gasteiger partial charge on any atom is 0.139 e. The van der Waals surface area contributed by atoms with E-state index in [1.165, 1.54) is 5.56 Å². The van der Waals surface area contributed by atoms with Crippen molar-refractivity contribution in [3.8, 4) is 6.07 Å². The first-order valence-corrected chi connectivity index (χ1v) is 6.49. The van der Waals surface area contributed by atoms with E-state index in [1.807, 2.05) is 18.2 Å². The number of rotatable bonds is 0. The molecule has 2 atom stereocenters. The van der Waals surface area contributed by atoms with Crippen molar-refractivity contribution in [2.45, 2.75) is 28.7 Å². The van der Waals surface area contributed by atoms with Gasteiger partial charge in [0.25, 0.3) is 0 Å². The molecule has 0 bridgehead atoms. The molecule has 0 aromatic heterocycles. The molecule has 3 rings (SSSR count). The Morgan fingerprint density at radius 1 is 1.53 bits per heavy atom. The molecular weight excluding hydrogens is 237 g/mol. The molecule has 2 unspecified atom stereocenters. The number of fused-ring (bicyclic) bond motifs is 1. The van der Waals surface area contributed by atoms with Crippen LogP contribution in [0.4, 0.5) is 4.39 Å². The fourth-order valence-corrected chi connectivity index (χ4v) is 4.00. The minimum absolute atomic E-state index is 0.200. The monoisotopic (exact) mass is 249 g/mol. The van der Waals surface area contributed by atoms with Gasteiger partial charge >= 0.3 is 0 Å². The number of halogens is 1. The van der Waals surface area contributed by atoms with E-state index in [1.54, 1.807) is 11.8 Å². The number of thioether (sulfide) groups is 1. The van der Waals surface area contributed by atoms with Gasteiger partial charge in [-0.15, -0.1) is 11.8 Å². The van der Waals surface area contributed by atoms with Crippen LogP contribution in [0.25, 0.3) is 0 Å². The minimum Gasteiger partial charge on any atom is -0.378 e. The summed E-state index contributed by atoms with van der Waals surface area (Å²) in [5.74, 6) is 0. The van der Waals surface area contributed by atoms with Gasteiger partial charge in [-0.1, -0.05) is 6.07 Å². The van der Waals surface area contributed by atoms with E-state index in [0.717, 1.165) is 17.7 Å². The predicted octanol–water partition coefficient (Wildman–Crippen LogP) is 2.70. The number of hydrogen-bond acceptors (Lipinski definition) is 3. The Bertz CT molecular complexity index is 499. The van der Waals surface area contributed by atoms with Crippen molar-refractivity contribution in [3.63, 3.8) is 0 Å². The summed E-state index contributed by atoms with van der Waals surface area (Å²) in [6.45, 7) is 0.832. The SMILES string of the molecule is N#Cc1ccc2c(c1)SC1(CCOCC1F)C2. The van der Waals surface area contributed by atoms with Gasteiger partial charge in [0.05, 0.1) is 23.0 Å². The summed E-state index contributed by atoms with van der Waals surface area (Å²) in [5, 5.41) is 8.87. The van der Waals surface area contributed by atoms with Crippen LogP contribution in [0.1, 0.15) is 17.5 Å². The average molecular weight is 249 g/mol. The fraction of sp³-hybridized carbons (Fsp3) is 0.462. The highest BCUT2D eigenvalue weighted by atomic mass is 32.2. The number of alkyl halides is 1. The molecule has 0 radical (unpaired) electrons. The van der Waals surface area contributed by atoms with Crippen LogP contribution in [0.15, 0.2) is 23.1 Å². The third-order valence-corrected chi connectivity index (χ3v) is 5.11. The molecule has 2 nitrogen and oxygen atoms in total. The summed E-state index contributed by atoms with van der Waals surface area (Å²) < 4.78 is 18.9. The van der Waals surface area contributed by atoms with Crippen LogP contribution in [0.3, 0.4) is 0 Å². The normalized spacial score (nSPS) is 31.2. The van der Waals surface area contributed by atoms with Crippen molar-refractivity contribution >= 4 is 11.8 Å². The third kappa shape index (κ3) is 1.74. The van der Waals surface area contributed by atoms with Gasteiger partial charge in [-0.2, -0.15) is 5.26 Å². The zero-order valence-electron chi connectivity index (χ0n) is 9.28. The van der Waals surface area contributed by atoms with E-state index in [-0.39, 0.29) is 11.4 Å². The number of ether oxygens (including phenoxy) is 1. The second-order valence-corrected chi connectivity index (χ2v) is 6.03. The lowest BCUT2D eigenvalue weighted by atomic mass is 9.90. The van der Waals surface area contributed by atoms with E-state index < -0.39 is 6.17 Å². The fourth-order valence-electron chi connectivity index (χ4n) is 2.50. The van der Waals surface area contributed by atoms with E-state index in [2.05, 4.69) is 6.07 Å². The first kappa shape index (κ1) is 11.1. The molecule has 2 aliphatic heterocycles. The lowest BCUT2D eigenvalue weighted by Crippen LogP contribution is -2.44. The van der Waals surface area contributed by atoms with Gasteiger partial charge in [-0.05, 0) is 30.5 Å². The summed E-state index contributed by atoms with van der Waals surface area (Å²) >= 11 is 1.59. The predicted molar refractivity (Wildman–Crippen MR) is 63.8 cm³/mol. The largest absolute Gasteiger partial charge is 0.378 e. The lowest BCUT2D eigenvalue weighted by molar-refractivity contribution is 0.0133. The molecule has 0 N–H and O–H groups in total. The van der Waals surface area contributed by atoms with Gasteiger partial charge < -0.3 is 4.74 Å². The van der Waals surface area contributed by atoms with Gasteiger partial charge in [0.15, 0.2) is 0 Å². The molecular formula is C13H12FNOS. The van der Waals surface area contributed by atoms with E-state index in [0.29, 0.717) is 12.2 Å². The molecule has 2 aliphatic rings. The van der Waals surface area contributed by atoms with Crippen LogP contribution in [0.5, 0.6) is 0 Å². The Balaban J connectivity index is 1.94. The van der Waals surface area contributed by atoms with Crippen LogP contribution in [0, 0.1) is 11.3 Å². The summed E-state index contributed by atoms with van der Waals surface area (Å²) in [6.07, 6.45) is 0.581. The van der Waals surface area contributed by atoms with Gasteiger partial charge in [-0.25, -0.2) is 4.39 Å². The van der Waals surface area contributed by atoms with Crippen LogP contribution in [-0.2, 0) is 11.2 Å². The van der Waals surface area contributed by atoms with E-state index in [4.69, 9.17) is 10.00 Å². The molecule has 0 aliphatic carbocycles. The molecule has 1 fully saturated rings. The number of hydrogen-bond donors (Lipinski definition) is 0. The second-order valence-electron chi connectivity index (χ2n) is 4.57. The van der Waals surface area contributed by atoms with Crippen LogP contribution in [-0.4, -0.2) is 24.1 Å². The van der Waals surface area contributed by atoms with Crippen molar-refractivity contribution in [1.82, 2.24) is 0 Å². The van der Waals surface area contributed by atoms with Gasteiger partial charge in [0.1, 0.15) is 6.17 Å². The van der Waals surface area contributed by atoms with Crippen molar-refractivity contribution in [3.05, 3.63) is 29.3 Å². The molecule has 88 valence electrons. The van der Waals surface area contributed by atoms with Crippen LogP contribution >= 0.6 is 11.8 Å². The average Bonchev–Trinajstić information content (AvgIpc) is 2.71. The van der Waals surface area contributed by atoms with Gasteiger partial charge in [-0.3, -0.25) is 0 Å². The van der Waals surface area contributed by atoms with Gasteiger partial charge in [0, 0.05) is 11.5 Å². The second kappa shape index (κ2) is 4.01. The third-order valence-electron chi connectivity index (χ3n) is 3.50. The Labute approximate surface area is 104 Å². The van der Waals surface area contributed by atoms with E-state index in [9.17, 15) is 4.39 Å². The molecule has 1 saturated heterocycles. The van der Waals surface area contributed by atoms with Crippen LogP contribution in [0.2, 0.25) is 0 Å². The maximum atomic E-state index is 14.1. The van der Waals surface area contributed by atoms with Gasteiger partial charge in [0.2, 0.25) is 0 Å². The first-order valence-electron chi connectivity index (χ1n) is 5.67. The first-order chi connectivity index (χ1) is 8.23. The molecule has 1 aromatic rings. The standard InChI is InChI=1S/C13H12FNOS/c14-12-8-16-4-3-13(12)6-10-2-1-9(7-15)5-11(10)17-13/h1-2,5,12H,3-4,6,8H2. The van der Waals surface area contributed by atoms with Crippen molar-refractivity contribution in [1.29, 1.82) is 5.26 Å². The number of nitriles is 1. The maximum absolute atomic E-state index is 14.1. The molecule has 4 heteroatoms. The topological polar surface area (TPSA) is 33.0 Å². The summed E-state index contributed by atoms with van der Waals surface area (Å²) in [5.41, 5.74) is 1.81. The lowest BCUT2D eigenvalue weighted by Gasteiger charge is -2.35. The van der Waals surface area contributed by atoms with E-state index >= 15 is 0 Å². The molecule has 0 saturated carbocycles. The number of benzene rings is 1. The zero-order chi connectivity index (χ0) is 11.9. The highest BCUT2D eigenvalue weighted by molar-refractivity contribution is 8.01.